The molecule has 5 heteroatoms. The number of benzene rings is 1. The van der Waals surface area contributed by atoms with E-state index < -0.39 is 0 Å². The van der Waals surface area contributed by atoms with Crippen molar-refractivity contribution in [3.05, 3.63) is 42.0 Å². The average Bonchev–Trinajstić information content (AvgIpc) is 2.72. The van der Waals surface area contributed by atoms with E-state index in [2.05, 4.69) is 15.4 Å². The first-order valence-electron chi connectivity index (χ1n) is 5.01. The molecule has 1 N–H and O–H groups in total. The van der Waals surface area contributed by atoms with Gasteiger partial charge in [0.05, 0.1) is 6.54 Å². The summed E-state index contributed by atoms with van der Waals surface area (Å²) in [5.41, 5.74) is 2.14. The van der Waals surface area contributed by atoms with Gasteiger partial charge in [-0.05, 0) is 17.7 Å². The van der Waals surface area contributed by atoms with Crippen LogP contribution in [0.3, 0.4) is 0 Å². The number of aryl methyl sites for hydroxylation is 1. The summed E-state index contributed by atoms with van der Waals surface area (Å²) >= 11 is 5.77. The summed E-state index contributed by atoms with van der Waals surface area (Å²) in [6, 6.07) is 8.02. The van der Waals surface area contributed by atoms with Crippen LogP contribution in [0.5, 0.6) is 0 Å². The summed E-state index contributed by atoms with van der Waals surface area (Å²) in [6.07, 6.45) is 1.55. The number of hydrogen-bond acceptors (Lipinski definition) is 3. The number of alkyl halides is 1. The molecule has 0 aliphatic rings. The number of nitrogens with one attached hydrogen (secondary N) is 1. The maximum atomic E-state index is 5.77. The molecule has 0 bridgehead atoms. The van der Waals surface area contributed by atoms with Crippen molar-refractivity contribution in [3.8, 4) is 0 Å². The number of nitrogens with zero attached hydrogens (tertiary/aromatic N) is 3. The minimum atomic E-state index is 0.527. The summed E-state index contributed by atoms with van der Waals surface area (Å²) in [5, 5.41) is 7.29. The average molecular weight is 237 g/mol. The van der Waals surface area contributed by atoms with E-state index in [1.807, 2.05) is 31.3 Å². The van der Waals surface area contributed by atoms with Crippen LogP contribution in [0.1, 0.15) is 11.4 Å². The fourth-order valence-electron chi connectivity index (χ4n) is 1.43. The molecule has 1 heterocycles. The van der Waals surface area contributed by atoms with Crippen molar-refractivity contribution in [2.75, 3.05) is 5.32 Å². The number of hydrogen-bond donors (Lipinski definition) is 1. The predicted molar refractivity (Wildman–Crippen MR) is 64.3 cm³/mol. The van der Waals surface area contributed by atoms with Crippen LogP contribution in [0.2, 0.25) is 0 Å². The molecule has 0 saturated heterocycles. The zero-order chi connectivity index (χ0) is 11.4. The third-order valence-electron chi connectivity index (χ3n) is 2.34. The Balaban J connectivity index is 2.02. The van der Waals surface area contributed by atoms with E-state index in [4.69, 9.17) is 11.6 Å². The molecule has 4 nitrogen and oxygen atoms in total. The van der Waals surface area contributed by atoms with E-state index in [1.54, 1.807) is 11.0 Å². The van der Waals surface area contributed by atoms with Gasteiger partial charge in [0.15, 0.2) is 0 Å². The lowest BCUT2D eigenvalue weighted by Crippen LogP contribution is -2.06. The van der Waals surface area contributed by atoms with Crippen LogP contribution in [0.4, 0.5) is 5.69 Å². The van der Waals surface area contributed by atoms with Crippen molar-refractivity contribution in [1.29, 1.82) is 0 Å². The van der Waals surface area contributed by atoms with Gasteiger partial charge in [-0.1, -0.05) is 12.1 Å². The van der Waals surface area contributed by atoms with Crippen molar-refractivity contribution >= 4 is 17.3 Å². The highest BCUT2D eigenvalue weighted by atomic mass is 35.5. The summed E-state index contributed by atoms with van der Waals surface area (Å²) in [4.78, 5) is 4.14. The van der Waals surface area contributed by atoms with Crippen LogP contribution in [0.25, 0.3) is 0 Å². The molecule has 0 spiro atoms. The van der Waals surface area contributed by atoms with Gasteiger partial charge in [-0.25, -0.2) is 4.98 Å². The van der Waals surface area contributed by atoms with Gasteiger partial charge in [-0.2, -0.15) is 5.10 Å². The van der Waals surface area contributed by atoms with E-state index >= 15 is 0 Å². The Hall–Kier alpha value is -1.55. The van der Waals surface area contributed by atoms with E-state index in [-0.39, 0.29) is 0 Å². The molecule has 0 amide bonds. The lowest BCUT2D eigenvalue weighted by atomic mass is 10.2. The van der Waals surface area contributed by atoms with Crippen LogP contribution in [-0.2, 0) is 19.5 Å². The third-order valence-corrected chi connectivity index (χ3v) is 2.65. The first kappa shape index (κ1) is 11.0. The molecule has 0 atom stereocenters. The Labute approximate surface area is 99.3 Å². The fourth-order valence-corrected chi connectivity index (χ4v) is 1.59. The molecule has 1 aromatic heterocycles. The van der Waals surface area contributed by atoms with Crippen molar-refractivity contribution in [3.63, 3.8) is 0 Å². The zero-order valence-electron chi connectivity index (χ0n) is 9.02. The van der Waals surface area contributed by atoms with Crippen molar-refractivity contribution in [2.45, 2.75) is 12.4 Å². The number of anilines is 1. The first-order chi connectivity index (χ1) is 7.79. The van der Waals surface area contributed by atoms with Gasteiger partial charge in [0.1, 0.15) is 12.2 Å². The molecule has 0 aliphatic heterocycles. The largest absolute Gasteiger partial charge is 0.378 e. The second kappa shape index (κ2) is 4.99. The van der Waals surface area contributed by atoms with Crippen LogP contribution in [-0.4, -0.2) is 14.8 Å². The normalized spacial score (nSPS) is 10.4. The number of rotatable bonds is 4. The molecule has 0 saturated carbocycles. The fraction of sp³-hybridized carbons (Fsp3) is 0.273. The maximum Gasteiger partial charge on any atom is 0.145 e. The van der Waals surface area contributed by atoms with Crippen molar-refractivity contribution < 1.29 is 0 Å². The summed E-state index contributed by atoms with van der Waals surface area (Å²) in [5.74, 6) is 1.43. The predicted octanol–water partition coefficient (Wildman–Crippen LogP) is 2.17. The second-order valence-corrected chi connectivity index (χ2v) is 3.75. The molecular formula is C11H13ClN4. The van der Waals surface area contributed by atoms with Crippen molar-refractivity contribution in [1.82, 2.24) is 14.8 Å². The highest BCUT2D eigenvalue weighted by Gasteiger charge is 2.00. The molecule has 1 aromatic carbocycles. The van der Waals surface area contributed by atoms with Crippen LogP contribution in [0, 0.1) is 0 Å². The topological polar surface area (TPSA) is 42.7 Å². The highest BCUT2D eigenvalue weighted by Crippen LogP contribution is 2.12. The Morgan fingerprint density at radius 3 is 3.00 bits per heavy atom. The first-order valence-corrected chi connectivity index (χ1v) is 5.54. The maximum absolute atomic E-state index is 5.77. The van der Waals surface area contributed by atoms with Crippen LogP contribution < -0.4 is 5.32 Å². The monoisotopic (exact) mass is 236 g/mol. The molecule has 0 aliphatic carbocycles. The summed E-state index contributed by atoms with van der Waals surface area (Å²) in [7, 11) is 1.87. The van der Waals surface area contributed by atoms with Crippen molar-refractivity contribution in [2.24, 2.45) is 7.05 Å². The molecule has 2 aromatic rings. The van der Waals surface area contributed by atoms with E-state index in [0.717, 1.165) is 17.1 Å². The third kappa shape index (κ3) is 2.52. The van der Waals surface area contributed by atoms with Gasteiger partial charge in [0.25, 0.3) is 0 Å². The van der Waals surface area contributed by atoms with Gasteiger partial charge < -0.3 is 5.32 Å². The second-order valence-electron chi connectivity index (χ2n) is 3.49. The Bertz CT molecular complexity index is 467. The molecule has 0 radical (unpaired) electrons. The van der Waals surface area contributed by atoms with Gasteiger partial charge in [-0.3, -0.25) is 4.68 Å². The van der Waals surface area contributed by atoms with Gasteiger partial charge >= 0.3 is 0 Å². The van der Waals surface area contributed by atoms with Crippen LogP contribution >= 0.6 is 11.6 Å². The highest BCUT2D eigenvalue weighted by molar-refractivity contribution is 6.17. The number of aromatic nitrogens is 3. The molecule has 0 fully saturated rings. The molecule has 2 rings (SSSR count). The zero-order valence-corrected chi connectivity index (χ0v) is 9.78. The molecule has 16 heavy (non-hydrogen) atoms. The Kier molecular flexibility index (Phi) is 3.41. The molecule has 84 valence electrons. The lowest BCUT2D eigenvalue weighted by molar-refractivity contribution is 0.712. The summed E-state index contributed by atoms with van der Waals surface area (Å²) in [6.45, 7) is 0.655. The molecule has 0 unspecified atom stereocenters. The molecular weight excluding hydrogens is 224 g/mol. The Morgan fingerprint density at radius 1 is 1.44 bits per heavy atom. The minimum absolute atomic E-state index is 0.527. The van der Waals surface area contributed by atoms with Crippen LogP contribution in [0.15, 0.2) is 30.6 Å². The van der Waals surface area contributed by atoms with Gasteiger partial charge in [0, 0.05) is 18.6 Å². The standard InChI is InChI=1S/C11H13ClN4/c1-16-11(14-8-15-16)7-13-10-4-2-3-9(5-10)6-12/h2-5,8,13H,6-7H2,1H3. The number of halogens is 1. The van der Waals surface area contributed by atoms with E-state index in [1.165, 1.54) is 0 Å². The Morgan fingerprint density at radius 2 is 2.31 bits per heavy atom. The van der Waals surface area contributed by atoms with Gasteiger partial charge in [-0.15, -0.1) is 11.6 Å². The SMILES string of the molecule is Cn1ncnc1CNc1cccc(CCl)c1. The van der Waals surface area contributed by atoms with E-state index in [9.17, 15) is 0 Å². The minimum Gasteiger partial charge on any atom is -0.378 e. The quantitative estimate of drug-likeness (QED) is 0.828. The smallest absolute Gasteiger partial charge is 0.145 e. The van der Waals surface area contributed by atoms with E-state index in [0.29, 0.717) is 12.4 Å². The van der Waals surface area contributed by atoms with Gasteiger partial charge in [0.2, 0.25) is 0 Å². The summed E-state index contributed by atoms with van der Waals surface area (Å²) < 4.78 is 1.75. The lowest BCUT2D eigenvalue weighted by Gasteiger charge is -2.06.